The summed E-state index contributed by atoms with van der Waals surface area (Å²) >= 11 is 0. The molecule has 26 heavy (non-hydrogen) atoms. The summed E-state index contributed by atoms with van der Waals surface area (Å²) in [7, 11) is 1.38. The quantitative estimate of drug-likeness (QED) is 0.428. The van der Waals surface area contributed by atoms with E-state index in [1.165, 1.54) is 7.11 Å². The first-order valence-electron chi connectivity index (χ1n) is 9.53. The van der Waals surface area contributed by atoms with Crippen molar-refractivity contribution in [3.63, 3.8) is 0 Å². The number of unbranched alkanes of at least 4 members (excludes halogenated alkanes) is 1. The first-order chi connectivity index (χ1) is 12.0. The van der Waals surface area contributed by atoms with Crippen LogP contribution in [0.1, 0.15) is 73.6 Å². The van der Waals surface area contributed by atoms with E-state index in [1.54, 1.807) is 0 Å². The lowest BCUT2D eigenvalue weighted by molar-refractivity contribution is -0.161. The number of ether oxygens (including phenoxy) is 4. The van der Waals surface area contributed by atoms with E-state index in [4.69, 9.17) is 18.9 Å². The van der Waals surface area contributed by atoms with Crippen molar-refractivity contribution in [2.75, 3.05) is 20.3 Å². The maximum Gasteiger partial charge on any atom is 0.311 e. The van der Waals surface area contributed by atoms with Gasteiger partial charge in [-0.05, 0) is 66.7 Å². The van der Waals surface area contributed by atoms with Crippen LogP contribution in [0.3, 0.4) is 0 Å². The predicted molar refractivity (Wildman–Crippen MR) is 98.5 cm³/mol. The zero-order valence-electron chi connectivity index (χ0n) is 17.5. The number of hydrogen-bond donors (Lipinski definition) is 0. The molecule has 152 valence electrons. The smallest absolute Gasteiger partial charge is 0.311 e. The molecule has 0 radical (unpaired) electrons. The average molecular weight is 373 g/mol. The van der Waals surface area contributed by atoms with Crippen molar-refractivity contribution in [3.8, 4) is 0 Å². The number of esters is 2. The molecule has 0 aromatic heterocycles. The summed E-state index contributed by atoms with van der Waals surface area (Å²) in [6.07, 6.45) is 3.69. The van der Waals surface area contributed by atoms with Crippen molar-refractivity contribution in [1.29, 1.82) is 0 Å². The van der Waals surface area contributed by atoms with Gasteiger partial charge in [-0.3, -0.25) is 9.59 Å². The fourth-order valence-corrected chi connectivity index (χ4v) is 3.38. The second kappa shape index (κ2) is 9.18. The van der Waals surface area contributed by atoms with E-state index in [0.29, 0.717) is 26.1 Å². The second-order valence-electron chi connectivity index (χ2n) is 8.55. The van der Waals surface area contributed by atoms with Crippen molar-refractivity contribution in [1.82, 2.24) is 0 Å². The molecular weight excluding hydrogens is 336 g/mol. The molecule has 1 saturated heterocycles. The summed E-state index contributed by atoms with van der Waals surface area (Å²) in [5.74, 6) is -1.06. The summed E-state index contributed by atoms with van der Waals surface area (Å²) < 4.78 is 21.6. The lowest BCUT2D eigenvalue weighted by atomic mass is 9.72. The third kappa shape index (κ3) is 6.54. The first-order valence-corrected chi connectivity index (χ1v) is 9.53. The predicted octanol–water partition coefficient (Wildman–Crippen LogP) is 3.86. The Morgan fingerprint density at radius 1 is 1.15 bits per heavy atom. The Kier molecular flexibility index (Phi) is 8.08. The molecule has 2 atom stereocenters. The van der Waals surface area contributed by atoms with Crippen LogP contribution in [0.5, 0.6) is 0 Å². The molecule has 0 N–H and O–H groups in total. The monoisotopic (exact) mass is 372 g/mol. The molecule has 0 aromatic rings. The highest BCUT2D eigenvalue weighted by Crippen LogP contribution is 2.38. The number of rotatable bonds is 10. The molecule has 1 fully saturated rings. The molecule has 1 rings (SSSR count). The summed E-state index contributed by atoms with van der Waals surface area (Å²) in [6, 6.07) is 0. The maximum atomic E-state index is 12.5. The summed E-state index contributed by atoms with van der Waals surface area (Å²) in [5.41, 5.74) is -1.44. The van der Waals surface area contributed by atoms with Crippen LogP contribution in [0.2, 0.25) is 0 Å². The minimum atomic E-state index is -0.745. The van der Waals surface area contributed by atoms with E-state index in [-0.39, 0.29) is 18.0 Å². The van der Waals surface area contributed by atoms with E-state index < -0.39 is 16.6 Å². The zero-order chi connectivity index (χ0) is 20.0. The van der Waals surface area contributed by atoms with E-state index >= 15 is 0 Å². The fourth-order valence-electron chi connectivity index (χ4n) is 3.38. The van der Waals surface area contributed by atoms with Gasteiger partial charge in [0.25, 0.3) is 0 Å². The van der Waals surface area contributed by atoms with E-state index in [2.05, 4.69) is 0 Å². The van der Waals surface area contributed by atoms with Crippen molar-refractivity contribution < 1.29 is 28.5 Å². The Hall–Kier alpha value is -1.14. The van der Waals surface area contributed by atoms with Gasteiger partial charge < -0.3 is 18.9 Å². The van der Waals surface area contributed by atoms with Crippen LogP contribution in [0, 0.1) is 10.8 Å². The molecule has 0 aliphatic carbocycles. The van der Waals surface area contributed by atoms with Crippen molar-refractivity contribution >= 4 is 11.9 Å². The third-order valence-electron chi connectivity index (χ3n) is 5.06. The summed E-state index contributed by atoms with van der Waals surface area (Å²) in [4.78, 5) is 24.5. The maximum absolute atomic E-state index is 12.5. The molecule has 0 bridgehead atoms. The third-order valence-corrected chi connectivity index (χ3v) is 5.06. The SMILES string of the molecule is CCC(C)(CC(C)(C)C(=O)OCCCCC1COC(C)(C)O1)C(=O)OC. The van der Waals surface area contributed by atoms with Crippen molar-refractivity contribution in [2.45, 2.75) is 85.5 Å². The van der Waals surface area contributed by atoms with Crippen LogP contribution >= 0.6 is 0 Å². The van der Waals surface area contributed by atoms with Crippen LogP contribution < -0.4 is 0 Å². The standard InChI is InChI=1S/C20H36O6/c1-8-20(6,17(22)23-7)14-18(2,3)16(21)24-12-10-9-11-15-13-25-19(4,5)26-15/h15H,8-14H2,1-7H3. The van der Waals surface area contributed by atoms with Gasteiger partial charge in [-0.15, -0.1) is 0 Å². The van der Waals surface area contributed by atoms with Crippen LogP contribution in [0.25, 0.3) is 0 Å². The van der Waals surface area contributed by atoms with Crippen LogP contribution in [-0.4, -0.2) is 44.2 Å². The van der Waals surface area contributed by atoms with Gasteiger partial charge in [0.15, 0.2) is 5.79 Å². The highest BCUT2D eigenvalue weighted by molar-refractivity contribution is 5.80. The first kappa shape index (κ1) is 22.9. The van der Waals surface area contributed by atoms with Crippen molar-refractivity contribution in [2.24, 2.45) is 10.8 Å². The van der Waals surface area contributed by atoms with Gasteiger partial charge in [0, 0.05) is 0 Å². The Morgan fingerprint density at radius 2 is 1.81 bits per heavy atom. The van der Waals surface area contributed by atoms with Gasteiger partial charge >= 0.3 is 11.9 Å². The Morgan fingerprint density at radius 3 is 2.31 bits per heavy atom. The van der Waals surface area contributed by atoms with Gasteiger partial charge in [0.05, 0.1) is 37.3 Å². The average Bonchev–Trinajstić information content (AvgIpc) is 2.91. The molecular formula is C20H36O6. The number of carbonyl (C=O) groups is 2. The number of hydrogen-bond acceptors (Lipinski definition) is 6. The van der Waals surface area contributed by atoms with E-state index in [9.17, 15) is 9.59 Å². The van der Waals surface area contributed by atoms with Gasteiger partial charge in [0.1, 0.15) is 0 Å². The highest BCUT2D eigenvalue weighted by atomic mass is 16.7. The Balaban J connectivity index is 2.36. The molecule has 1 heterocycles. The lowest BCUT2D eigenvalue weighted by Crippen LogP contribution is -2.38. The molecule has 1 aliphatic heterocycles. The molecule has 1 aliphatic rings. The highest BCUT2D eigenvalue weighted by Gasteiger charge is 2.42. The van der Waals surface area contributed by atoms with E-state index in [0.717, 1.165) is 19.3 Å². The Labute approximate surface area is 157 Å². The van der Waals surface area contributed by atoms with Crippen LogP contribution in [0.4, 0.5) is 0 Å². The molecule has 2 unspecified atom stereocenters. The summed E-state index contributed by atoms with van der Waals surface area (Å²) in [6.45, 7) is 12.2. The van der Waals surface area contributed by atoms with Crippen LogP contribution in [0.15, 0.2) is 0 Å². The molecule has 0 spiro atoms. The largest absolute Gasteiger partial charge is 0.469 e. The minimum Gasteiger partial charge on any atom is -0.469 e. The topological polar surface area (TPSA) is 71.1 Å². The zero-order valence-corrected chi connectivity index (χ0v) is 17.5. The van der Waals surface area contributed by atoms with Gasteiger partial charge in [0.2, 0.25) is 0 Å². The van der Waals surface area contributed by atoms with Gasteiger partial charge in [-0.1, -0.05) is 6.92 Å². The van der Waals surface area contributed by atoms with E-state index in [1.807, 2.05) is 41.5 Å². The fraction of sp³-hybridized carbons (Fsp3) is 0.900. The summed E-state index contributed by atoms with van der Waals surface area (Å²) in [5, 5.41) is 0. The van der Waals surface area contributed by atoms with Gasteiger partial charge in [-0.25, -0.2) is 0 Å². The molecule has 0 aromatic carbocycles. The van der Waals surface area contributed by atoms with Gasteiger partial charge in [-0.2, -0.15) is 0 Å². The normalized spacial score (nSPS) is 21.9. The number of methoxy groups -OCH3 is 1. The molecule has 0 amide bonds. The lowest BCUT2D eigenvalue weighted by Gasteiger charge is -2.33. The minimum absolute atomic E-state index is 0.113. The molecule has 0 saturated carbocycles. The second-order valence-corrected chi connectivity index (χ2v) is 8.55. The molecule has 6 nitrogen and oxygen atoms in total. The number of carbonyl (C=O) groups excluding carboxylic acids is 2. The van der Waals surface area contributed by atoms with Crippen LogP contribution in [-0.2, 0) is 28.5 Å². The van der Waals surface area contributed by atoms with Crippen molar-refractivity contribution in [3.05, 3.63) is 0 Å². The molecule has 6 heteroatoms. The Bertz CT molecular complexity index is 485.